The van der Waals surface area contributed by atoms with Crippen molar-refractivity contribution in [2.45, 2.75) is 12.7 Å². The number of hydrogen-bond donors (Lipinski definition) is 1. The van der Waals surface area contributed by atoms with E-state index in [-0.39, 0.29) is 0 Å². The Morgan fingerprint density at radius 1 is 1.26 bits per heavy atom. The van der Waals surface area contributed by atoms with Crippen molar-refractivity contribution in [1.29, 1.82) is 0 Å². The van der Waals surface area contributed by atoms with E-state index in [0.717, 1.165) is 17.8 Å². The summed E-state index contributed by atoms with van der Waals surface area (Å²) in [5.41, 5.74) is 1.25. The first-order chi connectivity index (χ1) is 11.0. The van der Waals surface area contributed by atoms with Gasteiger partial charge in [-0.2, -0.15) is 13.2 Å². The maximum absolute atomic E-state index is 12.6. The summed E-state index contributed by atoms with van der Waals surface area (Å²) < 4.78 is 48.9. The lowest BCUT2D eigenvalue weighted by atomic mass is 10.0. The van der Waals surface area contributed by atoms with E-state index in [1.165, 1.54) is 13.2 Å². The van der Waals surface area contributed by atoms with Crippen LogP contribution in [0.2, 0.25) is 0 Å². The van der Waals surface area contributed by atoms with E-state index in [4.69, 9.17) is 9.47 Å². The van der Waals surface area contributed by atoms with Gasteiger partial charge in [-0.1, -0.05) is 0 Å². The summed E-state index contributed by atoms with van der Waals surface area (Å²) in [6.45, 7) is 1.84. The van der Waals surface area contributed by atoms with E-state index in [1.807, 2.05) is 6.07 Å². The Balaban J connectivity index is 2.01. The minimum Gasteiger partial charge on any atom is -0.493 e. The highest BCUT2D eigenvalue weighted by atomic mass is 19.4. The number of ether oxygens (including phenoxy) is 2. The fourth-order valence-electron chi connectivity index (χ4n) is 2.44. The van der Waals surface area contributed by atoms with Gasteiger partial charge in [-0.3, -0.25) is 4.98 Å². The Morgan fingerprint density at radius 3 is 2.74 bits per heavy atom. The van der Waals surface area contributed by atoms with E-state index >= 15 is 0 Å². The zero-order chi connectivity index (χ0) is 16.4. The largest absolute Gasteiger partial charge is 0.493 e. The molecule has 1 N–H and O–H groups in total. The van der Waals surface area contributed by atoms with Gasteiger partial charge in [-0.05, 0) is 24.3 Å². The molecule has 4 nitrogen and oxygen atoms in total. The van der Waals surface area contributed by atoms with Gasteiger partial charge in [0.05, 0.1) is 18.4 Å². The molecule has 1 aliphatic heterocycles. The first-order valence-corrected chi connectivity index (χ1v) is 7.07. The summed E-state index contributed by atoms with van der Waals surface area (Å²) >= 11 is 0. The Labute approximate surface area is 131 Å². The van der Waals surface area contributed by atoms with Crippen molar-refractivity contribution < 1.29 is 22.6 Å². The van der Waals surface area contributed by atoms with Crippen molar-refractivity contribution in [2.24, 2.45) is 0 Å². The van der Waals surface area contributed by atoms with Crippen LogP contribution < -0.4 is 14.8 Å². The number of rotatable bonds is 2. The molecular formula is C16H15F3N2O2. The highest BCUT2D eigenvalue weighted by Gasteiger charge is 2.30. The lowest BCUT2D eigenvalue weighted by Gasteiger charge is -2.14. The average molecular weight is 324 g/mol. The van der Waals surface area contributed by atoms with Crippen LogP contribution in [0.1, 0.15) is 11.1 Å². The number of hydrogen-bond acceptors (Lipinski definition) is 4. The number of alkyl halides is 3. The molecule has 122 valence electrons. The summed E-state index contributed by atoms with van der Waals surface area (Å²) in [5.74, 6) is 1.20. The van der Waals surface area contributed by atoms with Crippen molar-refractivity contribution in [3.8, 4) is 22.8 Å². The molecule has 7 heteroatoms. The summed E-state index contributed by atoms with van der Waals surface area (Å²) in [6.07, 6.45) is -3.56. The normalized spacial score (nSPS) is 14.6. The smallest absolute Gasteiger partial charge is 0.417 e. The third-order valence-electron chi connectivity index (χ3n) is 3.58. The molecule has 1 aliphatic rings. The van der Waals surface area contributed by atoms with Crippen LogP contribution in [0.25, 0.3) is 11.3 Å². The minimum absolute atomic E-state index is 0.448. The number of aromatic nitrogens is 1. The maximum Gasteiger partial charge on any atom is 0.417 e. The van der Waals surface area contributed by atoms with Gasteiger partial charge >= 0.3 is 6.18 Å². The molecule has 0 atom stereocenters. The Morgan fingerprint density at radius 2 is 2.09 bits per heavy atom. The molecule has 0 spiro atoms. The standard InChI is InChI=1S/C16H15F3N2O2/c1-22-14-7-10(6-11-8-20-4-5-23-15(11)14)13-3-2-12(9-21-13)16(17,18)19/h2-3,6-7,9,20H,4-5,8H2,1H3. The van der Waals surface area contributed by atoms with Crippen molar-refractivity contribution in [1.82, 2.24) is 10.3 Å². The number of fused-ring (bicyclic) bond motifs is 1. The third kappa shape index (κ3) is 3.24. The van der Waals surface area contributed by atoms with Crippen LogP contribution in [0.5, 0.6) is 11.5 Å². The van der Waals surface area contributed by atoms with Gasteiger partial charge in [0.15, 0.2) is 11.5 Å². The van der Waals surface area contributed by atoms with Crippen molar-refractivity contribution >= 4 is 0 Å². The van der Waals surface area contributed by atoms with Crippen LogP contribution >= 0.6 is 0 Å². The van der Waals surface area contributed by atoms with E-state index < -0.39 is 11.7 Å². The van der Waals surface area contributed by atoms with Gasteiger partial charge in [-0.25, -0.2) is 0 Å². The maximum atomic E-state index is 12.6. The minimum atomic E-state index is -4.39. The Hall–Kier alpha value is -2.28. The molecule has 3 rings (SSSR count). The lowest BCUT2D eigenvalue weighted by molar-refractivity contribution is -0.137. The van der Waals surface area contributed by atoms with Gasteiger partial charge in [0.2, 0.25) is 0 Å². The number of nitrogens with one attached hydrogen (secondary N) is 1. The molecule has 0 radical (unpaired) electrons. The molecular weight excluding hydrogens is 309 g/mol. The Kier molecular flexibility index (Phi) is 4.12. The summed E-state index contributed by atoms with van der Waals surface area (Å²) in [6, 6.07) is 5.95. The molecule has 1 aromatic carbocycles. The zero-order valence-electron chi connectivity index (χ0n) is 12.4. The number of halogens is 3. The molecule has 0 amide bonds. The number of methoxy groups -OCH3 is 1. The highest BCUT2D eigenvalue weighted by Crippen LogP contribution is 2.37. The van der Waals surface area contributed by atoms with Crippen LogP contribution in [0, 0.1) is 0 Å². The van der Waals surface area contributed by atoms with Crippen LogP contribution in [0.3, 0.4) is 0 Å². The van der Waals surface area contributed by atoms with Crippen molar-refractivity contribution in [3.63, 3.8) is 0 Å². The fourth-order valence-corrected chi connectivity index (χ4v) is 2.44. The molecule has 0 unspecified atom stereocenters. The number of benzene rings is 1. The van der Waals surface area contributed by atoms with Crippen LogP contribution in [0.15, 0.2) is 30.5 Å². The van der Waals surface area contributed by atoms with Gasteiger partial charge in [0.1, 0.15) is 6.61 Å². The van der Waals surface area contributed by atoms with E-state index in [2.05, 4.69) is 10.3 Å². The van der Waals surface area contributed by atoms with E-state index in [9.17, 15) is 13.2 Å². The van der Waals surface area contributed by atoms with Crippen molar-refractivity contribution in [3.05, 3.63) is 41.6 Å². The monoisotopic (exact) mass is 324 g/mol. The first-order valence-electron chi connectivity index (χ1n) is 7.07. The lowest BCUT2D eigenvalue weighted by Crippen LogP contribution is -2.16. The predicted molar refractivity (Wildman–Crippen MR) is 78.4 cm³/mol. The molecule has 23 heavy (non-hydrogen) atoms. The summed E-state index contributed by atoms with van der Waals surface area (Å²) in [5, 5.41) is 3.21. The molecule has 2 aromatic rings. The molecule has 0 aliphatic carbocycles. The molecule has 0 bridgehead atoms. The van der Waals surface area contributed by atoms with Crippen LogP contribution in [-0.2, 0) is 12.7 Å². The molecule has 0 saturated heterocycles. The third-order valence-corrected chi connectivity index (χ3v) is 3.58. The molecule has 0 saturated carbocycles. The quantitative estimate of drug-likeness (QED) is 0.921. The molecule has 0 fully saturated rings. The van der Waals surface area contributed by atoms with Gasteiger partial charge < -0.3 is 14.8 Å². The summed E-state index contributed by atoms with van der Waals surface area (Å²) in [4.78, 5) is 3.93. The van der Waals surface area contributed by atoms with Crippen LogP contribution in [-0.4, -0.2) is 25.2 Å². The SMILES string of the molecule is COc1cc(-c2ccc(C(F)(F)F)cn2)cc2c1OCCNC2. The molecule has 2 heterocycles. The van der Waals surface area contributed by atoms with Gasteiger partial charge in [0.25, 0.3) is 0 Å². The fraction of sp³-hybridized carbons (Fsp3) is 0.312. The number of pyridine rings is 1. The second-order valence-electron chi connectivity index (χ2n) is 5.12. The number of nitrogens with zero attached hydrogens (tertiary/aromatic N) is 1. The first kappa shape index (κ1) is 15.6. The summed E-state index contributed by atoms with van der Waals surface area (Å²) in [7, 11) is 1.53. The average Bonchev–Trinajstić information content (AvgIpc) is 2.78. The van der Waals surface area contributed by atoms with E-state index in [0.29, 0.717) is 42.5 Å². The second kappa shape index (κ2) is 6.08. The Bertz CT molecular complexity index is 700. The predicted octanol–water partition coefficient (Wildman–Crippen LogP) is 3.26. The van der Waals surface area contributed by atoms with Gasteiger partial charge in [-0.15, -0.1) is 0 Å². The van der Waals surface area contributed by atoms with Crippen molar-refractivity contribution in [2.75, 3.05) is 20.3 Å². The van der Waals surface area contributed by atoms with E-state index in [1.54, 1.807) is 6.07 Å². The molecule has 1 aromatic heterocycles. The van der Waals surface area contributed by atoms with Gasteiger partial charge in [0, 0.05) is 30.4 Å². The van der Waals surface area contributed by atoms with Crippen LogP contribution in [0.4, 0.5) is 13.2 Å². The highest BCUT2D eigenvalue weighted by molar-refractivity contribution is 5.66. The second-order valence-corrected chi connectivity index (χ2v) is 5.12. The topological polar surface area (TPSA) is 43.4 Å². The zero-order valence-corrected chi connectivity index (χ0v) is 12.4.